The van der Waals surface area contributed by atoms with Crippen molar-refractivity contribution < 1.29 is 19.7 Å². The van der Waals surface area contributed by atoms with E-state index in [1.54, 1.807) is 12.1 Å². The van der Waals surface area contributed by atoms with Gasteiger partial charge in [0.05, 0.1) is 12.2 Å². The summed E-state index contributed by atoms with van der Waals surface area (Å²) in [6.45, 7) is 3.40. The minimum absolute atomic E-state index is 0.209. The molecule has 5 nitrogen and oxygen atoms in total. The first kappa shape index (κ1) is 16.6. The van der Waals surface area contributed by atoms with E-state index < -0.39 is 18.3 Å². The summed E-state index contributed by atoms with van der Waals surface area (Å²) in [6.07, 6.45) is -0.804. The molecule has 3 rings (SSSR count). The van der Waals surface area contributed by atoms with Crippen molar-refractivity contribution in [3.8, 4) is 0 Å². The van der Waals surface area contributed by atoms with Gasteiger partial charge in [-0.25, -0.2) is 4.39 Å². The van der Waals surface area contributed by atoms with Crippen molar-refractivity contribution in [3.63, 3.8) is 0 Å². The number of anilines is 1. The Hall–Kier alpha value is -1.21. The molecule has 128 valence electrons. The van der Waals surface area contributed by atoms with Gasteiger partial charge in [0.15, 0.2) is 0 Å². The monoisotopic (exact) mass is 324 g/mol. The summed E-state index contributed by atoms with van der Waals surface area (Å²) in [7, 11) is 0. The smallest absolute Gasteiger partial charge is 0.125 e. The molecule has 3 N–H and O–H groups in total. The first-order chi connectivity index (χ1) is 11.0. The summed E-state index contributed by atoms with van der Waals surface area (Å²) < 4.78 is 13.3. The number of aliphatic hydroxyl groups is 3. The maximum Gasteiger partial charge on any atom is 0.125 e. The molecular formula is C17H25FN2O3. The first-order valence-electron chi connectivity index (χ1n) is 8.30. The number of hydrogen-bond acceptors (Lipinski definition) is 5. The molecule has 0 spiro atoms. The molecule has 2 aliphatic rings. The number of nitrogens with zero attached hydrogens (tertiary/aromatic N) is 2. The van der Waals surface area contributed by atoms with Crippen LogP contribution in [0.4, 0.5) is 10.1 Å². The first-order valence-corrected chi connectivity index (χ1v) is 8.30. The third kappa shape index (κ3) is 4.01. The fraction of sp³-hybridized carbons (Fsp3) is 0.647. The van der Waals surface area contributed by atoms with E-state index in [4.69, 9.17) is 0 Å². The molecule has 2 heterocycles. The van der Waals surface area contributed by atoms with Gasteiger partial charge < -0.3 is 20.2 Å². The topological polar surface area (TPSA) is 67.2 Å². The van der Waals surface area contributed by atoms with E-state index in [9.17, 15) is 19.7 Å². The van der Waals surface area contributed by atoms with E-state index in [0.29, 0.717) is 19.0 Å². The van der Waals surface area contributed by atoms with E-state index in [-0.39, 0.29) is 5.82 Å². The van der Waals surface area contributed by atoms with Gasteiger partial charge in [-0.2, -0.15) is 0 Å². The quantitative estimate of drug-likeness (QED) is 0.753. The number of piperidine rings is 2. The molecular weight excluding hydrogens is 299 g/mol. The van der Waals surface area contributed by atoms with E-state index in [2.05, 4.69) is 4.90 Å². The molecule has 0 bridgehead atoms. The van der Waals surface area contributed by atoms with Crippen molar-refractivity contribution in [2.45, 2.75) is 31.2 Å². The Morgan fingerprint density at radius 3 is 2.30 bits per heavy atom. The van der Waals surface area contributed by atoms with E-state index in [1.807, 2.05) is 11.0 Å². The minimum Gasteiger partial charge on any atom is -0.389 e. The SMILES string of the molecule is O[C@H]1[C@H](O)CN(CC2CCN(c3cccc(F)c3)CC2)C[C@@H]1O. The van der Waals surface area contributed by atoms with Gasteiger partial charge in [0, 0.05) is 38.4 Å². The fourth-order valence-electron chi connectivity index (χ4n) is 3.64. The van der Waals surface area contributed by atoms with Crippen LogP contribution in [0.1, 0.15) is 12.8 Å². The molecule has 0 aliphatic carbocycles. The molecule has 2 fully saturated rings. The van der Waals surface area contributed by atoms with Gasteiger partial charge >= 0.3 is 0 Å². The number of halogens is 1. The second kappa shape index (κ2) is 7.13. The maximum absolute atomic E-state index is 13.3. The van der Waals surface area contributed by atoms with E-state index in [0.717, 1.165) is 38.2 Å². The molecule has 1 aromatic rings. The Kier molecular flexibility index (Phi) is 5.16. The Labute approximate surface area is 136 Å². The molecule has 2 aliphatic heterocycles. The van der Waals surface area contributed by atoms with Gasteiger partial charge in [0.2, 0.25) is 0 Å². The van der Waals surface area contributed by atoms with Gasteiger partial charge in [-0.05, 0) is 37.0 Å². The summed E-state index contributed by atoms with van der Waals surface area (Å²) >= 11 is 0. The van der Waals surface area contributed by atoms with Crippen LogP contribution in [0.25, 0.3) is 0 Å². The highest BCUT2D eigenvalue weighted by Gasteiger charge is 2.34. The largest absolute Gasteiger partial charge is 0.389 e. The molecule has 3 atom stereocenters. The zero-order valence-electron chi connectivity index (χ0n) is 13.2. The van der Waals surface area contributed by atoms with Crippen LogP contribution < -0.4 is 4.90 Å². The van der Waals surface area contributed by atoms with Crippen molar-refractivity contribution in [1.82, 2.24) is 4.90 Å². The van der Waals surface area contributed by atoms with Crippen molar-refractivity contribution >= 4 is 5.69 Å². The second-order valence-corrected chi connectivity index (χ2v) is 6.75. The number of benzene rings is 1. The lowest BCUT2D eigenvalue weighted by molar-refractivity contribution is -0.112. The lowest BCUT2D eigenvalue weighted by Crippen LogP contribution is -2.56. The van der Waals surface area contributed by atoms with Gasteiger partial charge in [-0.15, -0.1) is 0 Å². The van der Waals surface area contributed by atoms with E-state index in [1.165, 1.54) is 6.07 Å². The van der Waals surface area contributed by atoms with Gasteiger partial charge in [0.25, 0.3) is 0 Å². The minimum atomic E-state index is -1.04. The highest BCUT2D eigenvalue weighted by atomic mass is 19.1. The van der Waals surface area contributed by atoms with Crippen molar-refractivity contribution in [2.75, 3.05) is 37.6 Å². The fourth-order valence-corrected chi connectivity index (χ4v) is 3.64. The van der Waals surface area contributed by atoms with Crippen LogP contribution in [0, 0.1) is 11.7 Å². The van der Waals surface area contributed by atoms with Gasteiger partial charge in [-0.3, -0.25) is 4.90 Å². The second-order valence-electron chi connectivity index (χ2n) is 6.75. The summed E-state index contributed by atoms with van der Waals surface area (Å²) in [5.41, 5.74) is 0.926. The van der Waals surface area contributed by atoms with Crippen molar-refractivity contribution in [1.29, 1.82) is 0 Å². The Morgan fingerprint density at radius 2 is 1.70 bits per heavy atom. The number of likely N-dealkylation sites (tertiary alicyclic amines) is 1. The molecule has 1 aromatic carbocycles. The number of aliphatic hydroxyl groups excluding tert-OH is 3. The number of β-amino-alcohol motifs (C(OH)–C–C–N with tert-alkyl or cyclic N) is 2. The third-order valence-electron chi connectivity index (χ3n) is 4.98. The predicted octanol–water partition coefficient (Wildman–Crippen LogP) is 0.440. The van der Waals surface area contributed by atoms with Crippen LogP contribution in [0.5, 0.6) is 0 Å². The summed E-state index contributed by atoms with van der Waals surface area (Å²) in [5, 5.41) is 29.1. The molecule has 0 amide bonds. The zero-order chi connectivity index (χ0) is 16.4. The Morgan fingerprint density at radius 1 is 1.04 bits per heavy atom. The van der Waals surface area contributed by atoms with Crippen LogP contribution in [-0.4, -0.2) is 71.3 Å². The zero-order valence-corrected chi connectivity index (χ0v) is 13.2. The highest BCUT2D eigenvalue weighted by molar-refractivity contribution is 5.46. The lowest BCUT2D eigenvalue weighted by atomic mass is 9.93. The normalized spacial score (nSPS) is 30.6. The number of hydrogen-bond donors (Lipinski definition) is 3. The highest BCUT2D eigenvalue weighted by Crippen LogP contribution is 2.25. The van der Waals surface area contributed by atoms with Crippen LogP contribution in [-0.2, 0) is 0 Å². The van der Waals surface area contributed by atoms with Gasteiger partial charge in [0.1, 0.15) is 11.9 Å². The molecule has 0 saturated carbocycles. The van der Waals surface area contributed by atoms with E-state index >= 15 is 0 Å². The predicted molar refractivity (Wildman–Crippen MR) is 85.8 cm³/mol. The molecule has 0 radical (unpaired) electrons. The molecule has 0 unspecified atom stereocenters. The van der Waals surface area contributed by atoms with Crippen LogP contribution in [0.15, 0.2) is 24.3 Å². The molecule has 0 aromatic heterocycles. The Balaban J connectivity index is 1.50. The van der Waals surface area contributed by atoms with Crippen LogP contribution >= 0.6 is 0 Å². The average Bonchev–Trinajstić information content (AvgIpc) is 2.53. The van der Waals surface area contributed by atoms with Crippen molar-refractivity contribution in [3.05, 3.63) is 30.1 Å². The summed E-state index contributed by atoms with van der Waals surface area (Å²) in [5.74, 6) is 0.286. The van der Waals surface area contributed by atoms with Gasteiger partial charge in [-0.1, -0.05) is 6.07 Å². The third-order valence-corrected chi connectivity index (χ3v) is 4.98. The standard InChI is InChI=1S/C17H25FN2O3/c18-13-2-1-3-14(8-13)20-6-4-12(5-7-20)9-19-10-15(21)17(23)16(22)11-19/h1-3,8,12,15-17,21-23H,4-7,9-11H2/t15-,16+,17+. The maximum atomic E-state index is 13.3. The molecule has 6 heteroatoms. The lowest BCUT2D eigenvalue weighted by Gasteiger charge is -2.40. The average molecular weight is 324 g/mol. The van der Waals surface area contributed by atoms with Crippen molar-refractivity contribution in [2.24, 2.45) is 5.92 Å². The molecule has 2 saturated heterocycles. The molecule has 23 heavy (non-hydrogen) atoms. The van der Waals surface area contributed by atoms with Crippen LogP contribution in [0.3, 0.4) is 0 Å². The summed E-state index contributed by atoms with van der Waals surface area (Å²) in [4.78, 5) is 4.23. The Bertz CT molecular complexity index is 510. The summed E-state index contributed by atoms with van der Waals surface area (Å²) in [6, 6.07) is 6.69. The number of rotatable bonds is 3. The van der Waals surface area contributed by atoms with Crippen LogP contribution in [0.2, 0.25) is 0 Å².